The van der Waals surface area contributed by atoms with E-state index in [-0.39, 0.29) is 24.4 Å². The third-order valence-electron chi connectivity index (χ3n) is 2.52. The highest BCUT2D eigenvalue weighted by Crippen LogP contribution is 2.19. The maximum atomic E-state index is 13.1. The fraction of sp³-hybridized carbons (Fsp3) is 0.333. The van der Waals surface area contributed by atoms with Crippen molar-refractivity contribution in [3.05, 3.63) is 39.7 Å². The smallest absolute Gasteiger partial charge is 0.282 e. The van der Waals surface area contributed by atoms with Gasteiger partial charge >= 0.3 is 0 Å². The number of rotatable bonds is 5. The van der Waals surface area contributed by atoms with Crippen molar-refractivity contribution in [2.45, 2.75) is 6.42 Å². The van der Waals surface area contributed by atoms with Crippen LogP contribution in [-0.4, -0.2) is 42.3 Å². The Labute approximate surface area is 114 Å². The Morgan fingerprint density at radius 1 is 1.40 bits per heavy atom. The Bertz CT molecular complexity index is 546. The van der Waals surface area contributed by atoms with E-state index in [1.807, 2.05) is 0 Å². The number of hydrogen-bond acceptors (Lipinski definition) is 4. The highest BCUT2D eigenvalue weighted by atomic mass is 19.1. The number of nitrogens with one attached hydrogen (secondary N) is 1. The Hall–Kier alpha value is -2.51. The lowest BCUT2D eigenvalue weighted by Crippen LogP contribution is -2.30. The highest BCUT2D eigenvalue weighted by molar-refractivity contribution is 5.98. The van der Waals surface area contributed by atoms with Gasteiger partial charge in [-0.3, -0.25) is 19.7 Å². The van der Waals surface area contributed by atoms with Gasteiger partial charge in [-0.2, -0.15) is 0 Å². The van der Waals surface area contributed by atoms with E-state index in [9.17, 15) is 24.1 Å². The molecule has 7 nitrogen and oxygen atoms in total. The summed E-state index contributed by atoms with van der Waals surface area (Å²) in [6.45, 7) is 0.0174. The number of nitrogens with zero attached hydrogens (tertiary/aromatic N) is 2. The summed E-state index contributed by atoms with van der Waals surface area (Å²) in [5, 5.41) is 13.1. The Balaban J connectivity index is 2.75. The second kappa shape index (κ2) is 6.60. The molecule has 2 amide bonds. The van der Waals surface area contributed by atoms with E-state index in [1.165, 1.54) is 4.90 Å². The van der Waals surface area contributed by atoms with Crippen LogP contribution in [0.3, 0.4) is 0 Å². The van der Waals surface area contributed by atoms with Gasteiger partial charge in [0.25, 0.3) is 11.6 Å². The lowest BCUT2D eigenvalue weighted by molar-refractivity contribution is -0.385. The predicted molar refractivity (Wildman–Crippen MR) is 68.7 cm³/mol. The van der Waals surface area contributed by atoms with Crippen LogP contribution in [-0.2, 0) is 4.79 Å². The fourth-order valence-electron chi connectivity index (χ4n) is 1.45. The van der Waals surface area contributed by atoms with Crippen molar-refractivity contribution < 1.29 is 18.9 Å². The summed E-state index contributed by atoms with van der Waals surface area (Å²) < 4.78 is 13.1. The van der Waals surface area contributed by atoms with Gasteiger partial charge in [0.1, 0.15) is 11.4 Å². The number of hydrogen-bond donors (Lipinski definition) is 1. The van der Waals surface area contributed by atoms with E-state index in [4.69, 9.17) is 0 Å². The van der Waals surface area contributed by atoms with Crippen LogP contribution in [0.25, 0.3) is 0 Å². The topological polar surface area (TPSA) is 92.6 Å². The minimum atomic E-state index is -0.789. The normalized spacial score (nSPS) is 9.95. The maximum Gasteiger partial charge on any atom is 0.282 e. The number of nitro groups is 1. The SMILES string of the molecule is CN(C)C(=O)CCNC(=O)c1cc(F)ccc1[N+](=O)[O-]. The molecule has 1 aromatic rings. The van der Waals surface area contributed by atoms with Gasteiger partial charge in [0.15, 0.2) is 0 Å². The minimum absolute atomic E-state index is 0.0174. The molecule has 0 fully saturated rings. The van der Waals surface area contributed by atoms with Gasteiger partial charge in [0.2, 0.25) is 5.91 Å². The van der Waals surface area contributed by atoms with Crippen LogP contribution in [0.5, 0.6) is 0 Å². The molecule has 1 rings (SSSR count). The first-order valence-corrected chi connectivity index (χ1v) is 5.75. The molecule has 0 spiro atoms. The molecule has 0 aromatic heterocycles. The van der Waals surface area contributed by atoms with Crippen LogP contribution in [0, 0.1) is 15.9 Å². The molecule has 108 valence electrons. The summed E-state index contributed by atoms with van der Waals surface area (Å²) in [5.74, 6) is -1.73. The van der Waals surface area contributed by atoms with E-state index in [2.05, 4.69) is 5.32 Å². The van der Waals surface area contributed by atoms with E-state index in [0.29, 0.717) is 0 Å². The maximum absolute atomic E-state index is 13.1. The van der Waals surface area contributed by atoms with Gasteiger partial charge in [-0.25, -0.2) is 4.39 Å². The van der Waals surface area contributed by atoms with Gasteiger partial charge < -0.3 is 10.2 Å². The molecule has 0 saturated heterocycles. The second-order valence-corrected chi connectivity index (χ2v) is 4.21. The minimum Gasteiger partial charge on any atom is -0.351 e. The number of carbonyl (C=O) groups excluding carboxylic acids is 2. The summed E-state index contributed by atoms with van der Waals surface area (Å²) in [7, 11) is 3.14. The van der Waals surface area contributed by atoms with Crippen molar-refractivity contribution in [3.63, 3.8) is 0 Å². The van der Waals surface area contributed by atoms with Crippen LogP contribution in [0.1, 0.15) is 16.8 Å². The molecule has 0 aliphatic rings. The van der Waals surface area contributed by atoms with Crippen molar-refractivity contribution in [2.75, 3.05) is 20.6 Å². The Kier molecular flexibility index (Phi) is 5.13. The molecule has 0 bridgehead atoms. The van der Waals surface area contributed by atoms with Crippen molar-refractivity contribution >= 4 is 17.5 Å². The van der Waals surface area contributed by atoms with Crippen LogP contribution < -0.4 is 5.32 Å². The first kappa shape index (κ1) is 15.5. The van der Waals surface area contributed by atoms with Crippen molar-refractivity contribution in [2.24, 2.45) is 0 Å². The molecule has 0 atom stereocenters. The number of carbonyl (C=O) groups is 2. The van der Waals surface area contributed by atoms with Gasteiger partial charge in [-0.15, -0.1) is 0 Å². The van der Waals surface area contributed by atoms with Gasteiger partial charge in [-0.1, -0.05) is 0 Å². The second-order valence-electron chi connectivity index (χ2n) is 4.21. The molecule has 0 radical (unpaired) electrons. The van der Waals surface area contributed by atoms with Crippen LogP contribution in [0.2, 0.25) is 0 Å². The molecule has 0 aliphatic carbocycles. The van der Waals surface area contributed by atoms with Crippen molar-refractivity contribution in [3.8, 4) is 0 Å². The van der Waals surface area contributed by atoms with E-state index >= 15 is 0 Å². The molecule has 1 N–H and O–H groups in total. The van der Waals surface area contributed by atoms with Crippen LogP contribution in [0.15, 0.2) is 18.2 Å². The summed E-state index contributed by atoms with van der Waals surface area (Å²) in [5.41, 5.74) is -0.852. The first-order valence-electron chi connectivity index (χ1n) is 5.75. The van der Waals surface area contributed by atoms with Crippen molar-refractivity contribution in [1.29, 1.82) is 0 Å². The standard InChI is InChI=1S/C12H14FN3O4/c1-15(2)11(17)5-6-14-12(18)9-7-8(13)3-4-10(9)16(19)20/h3-4,7H,5-6H2,1-2H3,(H,14,18). The number of halogens is 1. The third kappa shape index (κ3) is 4.01. The average Bonchev–Trinajstić information content (AvgIpc) is 2.37. The molecule has 0 unspecified atom stereocenters. The van der Waals surface area contributed by atoms with Crippen LogP contribution in [0.4, 0.5) is 10.1 Å². The van der Waals surface area contributed by atoms with E-state index in [1.54, 1.807) is 14.1 Å². The Morgan fingerprint density at radius 3 is 2.60 bits per heavy atom. The van der Waals surface area contributed by atoms with Gasteiger partial charge in [0.05, 0.1) is 4.92 Å². The monoisotopic (exact) mass is 283 g/mol. The highest BCUT2D eigenvalue weighted by Gasteiger charge is 2.20. The molecule has 0 aliphatic heterocycles. The number of benzene rings is 1. The zero-order chi connectivity index (χ0) is 15.3. The fourth-order valence-corrected chi connectivity index (χ4v) is 1.45. The van der Waals surface area contributed by atoms with E-state index in [0.717, 1.165) is 18.2 Å². The zero-order valence-electron chi connectivity index (χ0n) is 11.1. The summed E-state index contributed by atoms with van der Waals surface area (Å²) in [6, 6.07) is 2.63. The zero-order valence-corrected chi connectivity index (χ0v) is 11.1. The predicted octanol–water partition coefficient (Wildman–Crippen LogP) is 0.942. The molecule has 0 heterocycles. The van der Waals surface area contributed by atoms with Gasteiger partial charge in [-0.05, 0) is 12.1 Å². The molecular weight excluding hydrogens is 269 g/mol. The number of nitro benzene ring substituents is 1. The largest absolute Gasteiger partial charge is 0.351 e. The molecule has 1 aromatic carbocycles. The molecule has 20 heavy (non-hydrogen) atoms. The van der Waals surface area contributed by atoms with E-state index < -0.39 is 22.3 Å². The summed E-state index contributed by atoms with van der Waals surface area (Å²) >= 11 is 0. The van der Waals surface area contributed by atoms with Gasteiger partial charge in [0, 0.05) is 33.1 Å². The molecule has 0 saturated carbocycles. The lowest BCUT2D eigenvalue weighted by atomic mass is 10.1. The lowest BCUT2D eigenvalue weighted by Gasteiger charge is -2.10. The Morgan fingerprint density at radius 2 is 2.05 bits per heavy atom. The summed E-state index contributed by atoms with van der Waals surface area (Å²) in [6.07, 6.45) is 0.0574. The quantitative estimate of drug-likeness (QED) is 0.643. The third-order valence-corrected chi connectivity index (χ3v) is 2.52. The van der Waals surface area contributed by atoms with Crippen molar-refractivity contribution in [1.82, 2.24) is 10.2 Å². The first-order chi connectivity index (χ1) is 9.32. The van der Waals surface area contributed by atoms with Crippen LogP contribution >= 0.6 is 0 Å². The molecular formula is C12H14FN3O4. The number of amides is 2. The summed E-state index contributed by atoms with van der Waals surface area (Å²) in [4.78, 5) is 34.4. The molecule has 8 heteroatoms. The average molecular weight is 283 g/mol.